The van der Waals surface area contributed by atoms with Crippen molar-refractivity contribution in [3.8, 4) is 34.1 Å². The molecule has 0 atom stereocenters. The molecule has 0 spiro atoms. The first-order chi connectivity index (χ1) is 10.6. The number of halogens is 2. The predicted molar refractivity (Wildman–Crippen MR) is 91.0 cm³/mol. The van der Waals surface area contributed by atoms with E-state index in [1.807, 2.05) is 18.2 Å². The maximum Gasteiger partial charge on any atom is 0.171 e. The number of rotatable bonds is 3. The molecule has 0 amide bonds. The van der Waals surface area contributed by atoms with Crippen LogP contribution < -0.4 is 4.74 Å². The van der Waals surface area contributed by atoms with Crippen molar-refractivity contribution < 1.29 is 14.4 Å². The highest BCUT2D eigenvalue weighted by Gasteiger charge is 2.14. The lowest BCUT2D eigenvalue weighted by atomic mass is 10.1. The average molecular weight is 425 g/mol. The number of hydrogen-bond donors (Lipinski definition) is 1. The predicted octanol–water partition coefficient (Wildman–Crippen LogP) is 5.25. The molecule has 22 heavy (non-hydrogen) atoms. The number of phenolic OH excluding ortho intramolecular Hbond substituents is 1. The third kappa shape index (κ3) is 2.76. The number of ether oxygens (including phenoxy) is 1. The first kappa shape index (κ1) is 15.1. The number of methoxy groups -OCH3 is 1. The maximum absolute atomic E-state index is 9.88. The molecule has 2 aromatic carbocycles. The molecule has 0 aliphatic heterocycles. The maximum atomic E-state index is 9.88. The van der Waals surface area contributed by atoms with Crippen molar-refractivity contribution in [3.63, 3.8) is 0 Å². The van der Waals surface area contributed by atoms with E-state index in [-0.39, 0.29) is 5.75 Å². The minimum atomic E-state index is 0.155. The molecular formula is C16H11Br2NO3. The fraction of sp³-hybridized carbons (Fsp3) is 0.0625. The van der Waals surface area contributed by atoms with E-state index >= 15 is 0 Å². The largest absolute Gasteiger partial charge is 0.507 e. The molecule has 4 nitrogen and oxygen atoms in total. The third-order valence-electron chi connectivity index (χ3n) is 3.18. The van der Waals surface area contributed by atoms with Crippen LogP contribution in [0, 0.1) is 0 Å². The molecule has 0 saturated carbocycles. The fourth-order valence-corrected chi connectivity index (χ4v) is 3.63. The Morgan fingerprint density at radius 1 is 1.09 bits per heavy atom. The number of phenols is 1. The molecule has 0 unspecified atom stereocenters. The van der Waals surface area contributed by atoms with Crippen molar-refractivity contribution in [2.24, 2.45) is 0 Å². The quantitative estimate of drug-likeness (QED) is 0.623. The molecule has 1 aromatic heterocycles. The van der Waals surface area contributed by atoms with Crippen LogP contribution in [0.5, 0.6) is 11.5 Å². The second-order valence-electron chi connectivity index (χ2n) is 4.57. The average Bonchev–Trinajstić information content (AvgIpc) is 2.97. The number of benzene rings is 2. The lowest BCUT2D eigenvalue weighted by molar-refractivity contribution is 0.409. The van der Waals surface area contributed by atoms with Crippen LogP contribution in [0.3, 0.4) is 0 Å². The van der Waals surface area contributed by atoms with E-state index in [2.05, 4.69) is 37.0 Å². The minimum absolute atomic E-state index is 0.155. The van der Waals surface area contributed by atoms with Gasteiger partial charge >= 0.3 is 0 Å². The molecule has 112 valence electrons. The van der Waals surface area contributed by atoms with Gasteiger partial charge in [-0.1, -0.05) is 17.3 Å². The number of hydrogen-bond acceptors (Lipinski definition) is 4. The summed E-state index contributed by atoms with van der Waals surface area (Å²) < 4.78 is 12.3. The highest BCUT2D eigenvalue weighted by molar-refractivity contribution is 9.11. The monoisotopic (exact) mass is 423 g/mol. The van der Waals surface area contributed by atoms with Crippen molar-refractivity contribution in [2.75, 3.05) is 7.11 Å². The molecule has 3 aromatic rings. The van der Waals surface area contributed by atoms with Gasteiger partial charge in [0.1, 0.15) is 17.2 Å². The molecule has 0 aliphatic carbocycles. The lowest BCUT2D eigenvalue weighted by Crippen LogP contribution is -1.87. The summed E-state index contributed by atoms with van der Waals surface area (Å²) in [7, 11) is 1.61. The van der Waals surface area contributed by atoms with Gasteiger partial charge < -0.3 is 14.4 Å². The van der Waals surface area contributed by atoms with Crippen molar-refractivity contribution in [3.05, 3.63) is 51.4 Å². The molecule has 0 radical (unpaired) electrons. The van der Waals surface area contributed by atoms with Crippen molar-refractivity contribution >= 4 is 31.9 Å². The van der Waals surface area contributed by atoms with Gasteiger partial charge in [0, 0.05) is 11.6 Å². The van der Waals surface area contributed by atoms with Gasteiger partial charge in [-0.3, -0.25) is 0 Å². The van der Waals surface area contributed by atoms with E-state index in [0.29, 0.717) is 22.8 Å². The molecule has 0 saturated heterocycles. The normalized spacial score (nSPS) is 10.7. The number of para-hydroxylation sites is 1. The van der Waals surface area contributed by atoms with Crippen LogP contribution in [0.4, 0.5) is 0 Å². The zero-order valence-corrected chi connectivity index (χ0v) is 14.7. The summed E-state index contributed by atoms with van der Waals surface area (Å²) in [5, 5.41) is 14.0. The zero-order valence-electron chi connectivity index (χ0n) is 11.5. The highest BCUT2D eigenvalue weighted by atomic mass is 79.9. The van der Waals surface area contributed by atoms with Gasteiger partial charge in [-0.2, -0.15) is 0 Å². The van der Waals surface area contributed by atoms with Crippen LogP contribution in [-0.4, -0.2) is 17.4 Å². The number of nitrogens with zero attached hydrogens (tertiary/aromatic N) is 1. The van der Waals surface area contributed by atoms with Crippen molar-refractivity contribution in [2.45, 2.75) is 0 Å². The van der Waals surface area contributed by atoms with Gasteiger partial charge in [-0.15, -0.1) is 0 Å². The first-order valence-corrected chi connectivity index (χ1v) is 7.97. The van der Waals surface area contributed by atoms with Crippen LogP contribution in [-0.2, 0) is 0 Å². The Kier molecular flexibility index (Phi) is 4.22. The van der Waals surface area contributed by atoms with Gasteiger partial charge in [0.2, 0.25) is 0 Å². The van der Waals surface area contributed by atoms with Crippen LogP contribution in [0.25, 0.3) is 22.6 Å². The molecule has 3 rings (SSSR count). The van der Waals surface area contributed by atoms with E-state index in [0.717, 1.165) is 14.5 Å². The molecule has 6 heteroatoms. The van der Waals surface area contributed by atoms with E-state index in [1.54, 1.807) is 31.4 Å². The Morgan fingerprint density at radius 2 is 1.77 bits per heavy atom. The van der Waals surface area contributed by atoms with E-state index in [9.17, 15) is 5.11 Å². The first-order valence-electron chi connectivity index (χ1n) is 6.38. The molecule has 0 fully saturated rings. The summed E-state index contributed by atoms with van der Waals surface area (Å²) in [4.78, 5) is 0. The Labute approximate surface area is 144 Å². The van der Waals surface area contributed by atoms with E-state index < -0.39 is 0 Å². The smallest absolute Gasteiger partial charge is 0.171 e. The SMILES string of the molecule is COc1c(Br)cc(-c2cc(-c3ccccc3O)on2)cc1Br. The number of aromatic nitrogens is 1. The summed E-state index contributed by atoms with van der Waals surface area (Å²) in [6, 6.07) is 12.6. The van der Waals surface area contributed by atoms with Crippen molar-refractivity contribution in [1.82, 2.24) is 5.16 Å². The Hall–Kier alpha value is -1.79. The zero-order chi connectivity index (χ0) is 15.7. The lowest BCUT2D eigenvalue weighted by Gasteiger charge is -2.07. The summed E-state index contributed by atoms with van der Waals surface area (Å²) in [5.74, 6) is 1.38. The molecule has 1 N–H and O–H groups in total. The van der Waals surface area contributed by atoms with Crippen LogP contribution in [0.1, 0.15) is 0 Å². The van der Waals surface area contributed by atoms with Gasteiger partial charge in [-0.25, -0.2) is 0 Å². The van der Waals surface area contributed by atoms with Crippen LogP contribution in [0.2, 0.25) is 0 Å². The second-order valence-corrected chi connectivity index (χ2v) is 6.28. The Morgan fingerprint density at radius 3 is 2.41 bits per heavy atom. The summed E-state index contributed by atoms with van der Waals surface area (Å²) >= 11 is 6.93. The minimum Gasteiger partial charge on any atom is -0.507 e. The van der Waals surface area contributed by atoms with Gasteiger partial charge in [0.25, 0.3) is 0 Å². The van der Waals surface area contributed by atoms with Gasteiger partial charge in [0.15, 0.2) is 5.76 Å². The summed E-state index contributed by atoms with van der Waals surface area (Å²) in [6.07, 6.45) is 0. The number of aromatic hydroxyl groups is 1. The van der Waals surface area contributed by atoms with Crippen LogP contribution >= 0.6 is 31.9 Å². The topological polar surface area (TPSA) is 55.5 Å². The van der Waals surface area contributed by atoms with Crippen molar-refractivity contribution in [1.29, 1.82) is 0 Å². The molecule has 0 bridgehead atoms. The van der Waals surface area contributed by atoms with Gasteiger partial charge in [-0.05, 0) is 56.1 Å². The Balaban J connectivity index is 2.03. The second kappa shape index (κ2) is 6.14. The third-order valence-corrected chi connectivity index (χ3v) is 4.36. The van der Waals surface area contributed by atoms with Gasteiger partial charge in [0.05, 0.1) is 21.6 Å². The summed E-state index contributed by atoms with van der Waals surface area (Å²) in [6.45, 7) is 0. The molecular weight excluding hydrogens is 414 g/mol. The fourth-order valence-electron chi connectivity index (χ4n) is 2.12. The Bertz CT molecular complexity index is 807. The van der Waals surface area contributed by atoms with E-state index in [1.165, 1.54) is 0 Å². The highest BCUT2D eigenvalue weighted by Crippen LogP contribution is 2.38. The van der Waals surface area contributed by atoms with Crippen LogP contribution in [0.15, 0.2) is 55.9 Å². The summed E-state index contributed by atoms with van der Waals surface area (Å²) in [5.41, 5.74) is 2.14. The molecule has 1 heterocycles. The van der Waals surface area contributed by atoms with E-state index in [4.69, 9.17) is 9.26 Å². The molecule has 0 aliphatic rings. The standard InChI is InChI=1S/C16H11Br2NO3/c1-21-16-11(17)6-9(7-12(16)18)13-8-15(22-19-13)10-4-2-3-5-14(10)20/h2-8,20H,1H3.